The first-order valence-corrected chi connectivity index (χ1v) is 15.8. The van der Waals surface area contributed by atoms with Gasteiger partial charge in [0.25, 0.3) is 0 Å². The molecule has 47 heavy (non-hydrogen) atoms. The molecule has 0 unspecified atom stereocenters. The molecule has 4 nitrogen and oxygen atoms in total. The van der Waals surface area contributed by atoms with E-state index in [9.17, 15) is 0 Å². The van der Waals surface area contributed by atoms with E-state index in [-0.39, 0.29) is 0 Å². The molecule has 0 aliphatic rings. The number of furan rings is 2. The van der Waals surface area contributed by atoms with Gasteiger partial charge < -0.3 is 13.7 Å². The number of benzene rings is 7. The van der Waals surface area contributed by atoms with Crippen LogP contribution < -0.4 is 4.90 Å². The van der Waals surface area contributed by atoms with E-state index in [1.54, 1.807) is 6.20 Å². The van der Waals surface area contributed by atoms with Crippen molar-refractivity contribution in [3.05, 3.63) is 158 Å². The lowest BCUT2D eigenvalue weighted by Crippen LogP contribution is -2.10. The molecule has 0 spiro atoms. The Balaban J connectivity index is 1.21. The second-order valence-electron chi connectivity index (χ2n) is 12.0. The third kappa shape index (κ3) is 4.05. The smallest absolute Gasteiger partial charge is 0.143 e. The Kier molecular flexibility index (Phi) is 5.54. The number of rotatable bonds is 4. The number of nitrogens with zero attached hydrogens (tertiary/aromatic N) is 2. The minimum absolute atomic E-state index is 0.850. The minimum Gasteiger partial charge on any atom is -0.456 e. The van der Waals surface area contributed by atoms with Gasteiger partial charge in [0.05, 0.1) is 0 Å². The highest BCUT2D eigenvalue weighted by atomic mass is 16.3. The number of fused-ring (bicyclic) bond motifs is 10. The van der Waals surface area contributed by atoms with Crippen LogP contribution in [0.15, 0.2) is 167 Å². The summed E-state index contributed by atoms with van der Waals surface area (Å²) < 4.78 is 12.7. The molecule has 0 aliphatic carbocycles. The number of aromatic nitrogens is 1. The summed E-state index contributed by atoms with van der Waals surface area (Å²) in [5.74, 6) is 0. The highest BCUT2D eigenvalue weighted by Gasteiger charge is 2.18. The van der Waals surface area contributed by atoms with Gasteiger partial charge in [-0.2, -0.15) is 0 Å². The van der Waals surface area contributed by atoms with Crippen molar-refractivity contribution in [2.75, 3.05) is 4.90 Å². The van der Waals surface area contributed by atoms with Crippen molar-refractivity contribution in [3.8, 4) is 11.1 Å². The molecular weight excluding hydrogens is 576 g/mol. The van der Waals surface area contributed by atoms with Crippen molar-refractivity contribution in [2.45, 2.75) is 0 Å². The summed E-state index contributed by atoms with van der Waals surface area (Å²) in [6.45, 7) is 0. The van der Waals surface area contributed by atoms with Crippen LogP contribution in [-0.2, 0) is 0 Å². The average Bonchev–Trinajstić information content (AvgIpc) is 3.70. The van der Waals surface area contributed by atoms with Gasteiger partial charge in [0.1, 0.15) is 22.3 Å². The zero-order valence-corrected chi connectivity index (χ0v) is 25.2. The predicted octanol–water partition coefficient (Wildman–Crippen LogP) is 12.3. The Bertz CT molecular complexity index is 2810. The van der Waals surface area contributed by atoms with Crippen molar-refractivity contribution in [3.63, 3.8) is 0 Å². The van der Waals surface area contributed by atoms with Gasteiger partial charge in [-0.15, -0.1) is 0 Å². The second kappa shape index (κ2) is 10.1. The normalized spacial score (nSPS) is 11.8. The molecule has 7 aromatic carbocycles. The summed E-state index contributed by atoms with van der Waals surface area (Å²) in [6, 6.07) is 51.4. The van der Waals surface area contributed by atoms with E-state index >= 15 is 0 Å². The first-order valence-electron chi connectivity index (χ1n) is 15.8. The molecule has 4 heteroatoms. The van der Waals surface area contributed by atoms with Crippen LogP contribution in [0.3, 0.4) is 0 Å². The van der Waals surface area contributed by atoms with Gasteiger partial charge in [-0.1, -0.05) is 84.9 Å². The first kappa shape index (κ1) is 25.9. The zero-order chi connectivity index (χ0) is 30.9. The third-order valence-electron chi connectivity index (χ3n) is 9.31. The summed E-state index contributed by atoms with van der Waals surface area (Å²) in [6.07, 6.45) is 3.67. The molecule has 3 heterocycles. The molecule has 0 fully saturated rings. The maximum absolute atomic E-state index is 6.45. The Morgan fingerprint density at radius 2 is 1.15 bits per heavy atom. The molecule has 0 saturated carbocycles. The highest BCUT2D eigenvalue weighted by Crippen LogP contribution is 2.43. The minimum atomic E-state index is 0.850. The topological polar surface area (TPSA) is 42.4 Å². The van der Waals surface area contributed by atoms with Crippen molar-refractivity contribution in [2.24, 2.45) is 0 Å². The van der Waals surface area contributed by atoms with E-state index in [1.165, 1.54) is 5.56 Å². The molecule has 0 amide bonds. The van der Waals surface area contributed by atoms with Gasteiger partial charge in [-0.25, -0.2) is 0 Å². The predicted molar refractivity (Wildman–Crippen MR) is 194 cm³/mol. The molecule has 220 valence electrons. The Hall–Kier alpha value is -6.39. The maximum Gasteiger partial charge on any atom is 0.143 e. The van der Waals surface area contributed by atoms with E-state index in [2.05, 4.69) is 137 Å². The standard InChI is InChI=1S/C43H26N2O2/c1-2-7-27(8-3-1)29-9-6-10-31(23-29)45(33-17-20-40-37(25-33)35-11-4-5-12-39(35)46-40)32-16-19-34-30(24-32)14-13-28-15-18-36-38-26-44-22-21-41(38)47-43(36)42(28)34/h1-26H. The molecule has 0 saturated heterocycles. The molecule has 10 rings (SSSR count). The lowest BCUT2D eigenvalue weighted by molar-refractivity contribution is 0.669. The fourth-order valence-electron chi connectivity index (χ4n) is 7.11. The molecule has 0 bridgehead atoms. The summed E-state index contributed by atoms with van der Waals surface area (Å²) in [7, 11) is 0. The quantitative estimate of drug-likeness (QED) is 0.188. The van der Waals surface area contributed by atoms with Gasteiger partial charge in [0.2, 0.25) is 0 Å². The lowest BCUT2D eigenvalue weighted by Gasteiger charge is -2.26. The molecule has 0 atom stereocenters. The van der Waals surface area contributed by atoms with Crippen LogP contribution in [0.25, 0.3) is 76.5 Å². The number of anilines is 3. The average molecular weight is 603 g/mol. The van der Waals surface area contributed by atoms with Gasteiger partial charge in [0.15, 0.2) is 0 Å². The van der Waals surface area contributed by atoms with Crippen molar-refractivity contribution >= 4 is 82.5 Å². The van der Waals surface area contributed by atoms with Crippen molar-refractivity contribution < 1.29 is 8.83 Å². The summed E-state index contributed by atoms with van der Waals surface area (Å²) in [5, 5.41) is 8.87. The Morgan fingerprint density at radius 1 is 0.426 bits per heavy atom. The lowest BCUT2D eigenvalue weighted by atomic mass is 9.98. The zero-order valence-electron chi connectivity index (χ0n) is 25.2. The molecule has 10 aromatic rings. The highest BCUT2D eigenvalue weighted by molar-refractivity contribution is 6.23. The van der Waals surface area contributed by atoms with Gasteiger partial charge >= 0.3 is 0 Å². The van der Waals surface area contributed by atoms with E-state index in [4.69, 9.17) is 8.83 Å². The van der Waals surface area contributed by atoms with Crippen LogP contribution in [-0.4, -0.2) is 4.98 Å². The maximum atomic E-state index is 6.45. The Labute approximate surface area is 269 Å². The summed E-state index contributed by atoms with van der Waals surface area (Å²) >= 11 is 0. The van der Waals surface area contributed by atoms with Crippen molar-refractivity contribution in [1.82, 2.24) is 4.98 Å². The molecule has 0 radical (unpaired) electrons. The van der Waals surface area contributed by atoms with Crippen LogP contribution in [0.4, 0.5) is 17.1 Å². The van der Waals surface area contributed by atoms with E-state index < -0.39 is 0 Å². The van der Waals surface area contributed by atoms with Crippen LogP contribution in [0.2, 0.25) is 0 Å². The fourth-order valence-corrected chi connectivity index (χ4v) is 7.11. The van der Waals surface area contributed by atoms with E-state index in [0.29, 0.717) is 0 Å². The Morgan fingerprint density at radius 3 is 2.11 bits per heavy atom. The van der Waals surface area contributed by atoms with Crippen molar-refractivity contribution in [1.29, 1.82) is 0 Å². The SMILES string of the molecule is c1ccc(-c2cccc(N(c3ccc4c(ccc5ccc6c7cnccc7oc6c54)c3)c3ccc4oc5ccccc5c4c3)c2)cc1. The third-order valence-corrected chi connectivity index (χ3v) is 9.31. The number of pyridine rings is 1. The summed E-state index contributed by atoms with van der Waals surface area (Å²) in [4.78, 5) is 6.69. The number of para-hydroxylation sites is 1. The largest absolute Gasteiger partial charge is 0.456 e. The monoisotopic (exact) mass is 602 g/mol. The fraction of sp³-hybridized carbons (Fsp3) is 0. The second-order valence-corrected chi connectivity index (χ2v) is 12.0. The van der Waals surface area contributed by atoms with Gasteiger partial charge in [0, 0.05) is 56.4 Å². The molecule has 0 aliphatic heterocycles. The molecular formula is C43H26N2O2. The van der Waals surface area contributed by atoms with Crippen LogP contribution in [0, 0.1) is 0 Å². The van der Waals surface area contributed by atoms with Crippen LogP contribution >= 0.6 is 0 Å². The molecule has 3 aromatic heterocycles. The number of hydrogen-bond acceptors (Lipinski definition) is 4. The van der Waals surface area contributed by atoms with Crippen LogP contribution in [0.5, 0.6) is 0 Å². The van der Waals surface area contributed by atoms with E-state index in [1.807, 2.05) is 24.4 Å². The first-order chi connectivity index (χ1) is 23.3. The number of hydrogen-bond donors (Lipinski definition) is 0. The molecule has 0 N–H and O–H groups in total. The van der Waals surface area contributed by atoms with Crippen LogP contribution in [0.1, 0.15) is 0 Å². The van der Waals surface area contributed by atoms with E-state index in [0.717, 1.165) is 88.0 Å². The van der Waals surface area contributed by atoms with Gasteiger partial charge in [-0.05, 0) is 87.9 Å². The summed E-state index contributed by atoms with van der Waals surface area (Å²) in [5.41, 5.74) is 9.06. The van der Waals surface area contributed by atoms with Gasteiger partial charge in [-0.3, -0.25) is 4.98 Å².